The van der Waals surface area contributed by atoms with Gasteiger partial charge in [0.25, 0.3) is 0 Å². The van der Waals surface area contributed by atoms with Crippen LogP contribution in [-0.4, -0.2) is 23.1 Å². The summed E-state index contributed by atoms with van der Waals surface area (Å²) < 4.78 is 5.63. The molecule has 5 unspecified atom stereocenters. The molecule has 25 heavy (non-hydrogen) atoms. The van der Waals surface area contributed by atoms with Crippen molar-refractivity contribution in [3.8, 4) is 0 Å². The van der Waals surface area contributed by atoms with Gasteiger partial charge in [0.05, 0.1) is 0 Å². The van der Waals surface area contributed by atoms with E-state index >= 15 is 0 Å². The van der Waals surface area contributed by atoms with Gasteiger partial charge in [-0.25, -0.2) is 0 Å². The quantitative estimate of drug-likeness (QED) is 0.550. The van der Waals surface area contributed by atoms with Crippen LogP contribution in [0, 0.1) is 29.1 Å². The molecule has 0 spiro atoms. The topological polar surface area (TPSA) is 63.6 Å². The Bertz CT molecular complexity index is 522. The zero-order chi connectivity index (χ0) is 18.8. The number of rotatable bonds is 6. The van der Waals surface area contributed by atoms with Crippen molar-refractivity contribution in [3.63, 3.8) is 0 Å². The van der Waals surface area contributed by atoms with E-state index in [1.807, 2.05) is 6.92 Å². The number of fused-ring (bicyclic) bond motifs is 1. The number of ether oxygens (including phenoxy) is 1. The fraction of sp³-hybridized carbons (Fsp3) is 0.810. The Labute approximate surface area is 152 Å². The molecular weight excluding hydrogens is 316 g/mol. The molecule has 0 aliphatic heterocycles. The number of hydrogen-bond donors (Lipinski definition) is 1. The zero-order valence-electron chi connectivity index (χ0n) is 16.2. The fourth-order valence-corrected chi connectivity index (χ4v) is 5.30. The first-order chi connectivity index (χ1) is 11.6. The second-order valence-electron chi connectivity index (χ2n) is 8.85. The minimum atomic E-state index is -0.712. The van der Waals surface area contributed by atoms with E-state index in [0.29, 0.717) is 17.8 Å². The van der Waals surface area contributed by atoms with Crippen LogP contribution in [0.2, 0.25) is 0 Å². The Hall–Kier alpha value is -1.32. The van der Waals surface area contributed by atoms with E-state index in [2.05, 4.69) is 20.4 Å². The Morgan fingerprint density at radius 2 is 2.00 bits per heavy atom. The molecule has 0 aromatic heterocycles. The summed E-state index contributed by atoms with van der Waals surface area (Å²) in [7, 11) is 0. The molecule has 0 heterocycles. The molecule has 0 aromatic rings. The molecule has 0 radical (unpaired) electrons. The van der Waals surface area contributed by atoms with Crippen LogP contribution in [0.5, 0.6) is 0 Å². The molecule has 0 aromatic carbocycles. The lowest BCUT2D eigenvalue weighted by molar-refractivity contribution is -0.164. The summed E-state index contributed by atoms with van der Waals surface area (Å²) in [6.07, 6.45) is 6.36. The van der Waals surface area contributed by atoms with Crippen LogP contribution >= 0.6 is 0 Å². The van der Waals surface area contributed by atoms with Crippen LogP contribution in [0.15, 0.2) is 12.2 Å². The molecule has 1 N–H and O–H groups in total. The lowest BCUT2D eigenvalue weighted by atomic mass is 9.53. The number of carboxylic acid groups (broad SMARTS) is 1. The van der Waals surface area contributed by atoms with Gasteiger partial charge >= 0.3 is 11.9 Å². The molecule has 4 nitrogen and oxygen atoms in total. The average molecular weight is 350 g/mol. The SMILES string of the molecule is C=C1CCC2C(CCC(OC(C)=O)C2(C)C)C1CCC(C)CC(=O)O. The maximum atomic E-state index is 11.5. The molecule has 2 fully saturated rings. The molecule has 2 aliphatic rings. The summed E-state index contributed by atoms with van der Waals surface area (Å²) in [6.45, 7) is 12.4. The molecule has 0 amide bonds. The minimum Gasteiger partial charge on any atom is -0.481 e. The van der Waals surface area contributed by atoms with Gasteiger partial charge in [0.15, 0.2) is 0 Å². The van der Waals surface area contributed by atoms with Gasteiger partial charge in [-0.15, -0.1) is 0 Å². The predicted molar refractivity (Wildman–Crippen MR) is 98.1 cm³/mol. The third-order valence-electron chi connectivity index (χ3n) is 6.68. The fourth-order valence-electron chi connectivity index (χ4n) is 5.30. The van der Waals surface area contributed by atoms with Crippen molar-refractivity contribution in [1.29, 1.82) is 0 Å². The molecule has 142 valence electrons. The smallest absolute Gasteiger partial charge is 0.303 e. The first-order valence-corrected chi connectivity index (χ1v) is 9.69. The van der Waals surface area contributed by atoms with Crippen molar-refractivity contribution in [2.45, 2.75) is 78.7 Å². The molecule has 5 atom stereocenters. The highest BCUT2D eigenvalue weighted by Gasteiger charge is 2.50. The van der Waals surface area contributed by atoms with Gasteiger partial charge in [0.1, 0.15) is 6.10 Å². The highest BCUT2D eigenvalue weighted by molar-refractivity contribution is 5.67. The van der Waals surface area contributed by atoms with Crippen LogP contribution in [0.3, 0.4) is 0 Å². The maximum absolute atomic E-state index is 11.5. The number of carbonyl (C=O) groups excluding carboxylic acids is 1. The second-order valence-corrected chi connectivity index (χ2v) is 8.85. The molecule has 4 heteroatoms. The third kappa shape index (κ3) is 4.65. The van der Waals surface area contributed by atoms with E-state index in [4.69, 9.17) is 9.84 Å². The van der Waals surface area contributed by atoms with E-state index in [0.717, 1.165) is 38.5 Å². The second kappa shape index (κ2) is 7.92. The highest BCUT2D eigenvalue weighted by Crippen LogP contribution is 2.55. The summed E-state index contributed by atoms with van der Waals surface area (Å²) in [6, 6.07) is 0. The van der Waals surface area contributed by atoms with Crippen LogP contribution in [0.1, 0.15) is 72.6 Å². The van der Waals surface area contributed by atoms with E-state index in [1.165, 1.54) is 12.5 Å². The largest absolute Gasteiger partial charge is 0.481 e. The van der Waals surface area contributed by atoms with Crippen molar-refractivity contribution >= 4 is 11.9 Å². The van der Waals surface area contributed by atoms with Gasteiger partial charge in [0, 0.05) is 18.8 Å². The Morgan fingerprint density at radius 3 is 2.60 bits per heavy atom. The first kappa shape index (κ1) is 20.0. The van der Waals surface area contributed by atoms with Crippen LogP contribution < -0.4 is 0 Å². The minimum absolute atomic E-state index is 0.00389. The van der Waals surface area contributed by atoms with Crippen LogP contribution in [0.25, 0.3) is 0 Å². The first-order valence-electron chi connectivity index (χ1n) is 9.69. The number of aliphatic carboxylic acids is 1. The molecule has 0 bridgehead atoms. The Balaban J connectivity index is 2.07. The standard InChI is InChI=1S/C21H34O4/c1-13(12-20(23)24)6-8-16-14(2)7-10-18-17(16)9-11-19(21(18,4)5)25-15(3)22/h13,16-19H,2,6-12H2,1,3-5H3,(H,23,24). The van der Waals surface area contributed by atoms with Crippen molar-refractivity contribution < 1.29 is 19.4 Å². The molecular formula is C21H34O4. The average Bonchev–Trinajstić information content (AvgIpc) is 2.48. The van der Waals surface area contributed by atoms with Gasteiger partial charge in [0.2, 0.25) is 0 Å². The van der Waals surface area contributed by atoms with Gasteiger partial charge in [-0.2, -0.15) is 0 Å². The number of carbonyl (C=O) groups is 2. The number of hydrogen-bond acceptors (Lipinski definition) is 3. The van der Waals surface area contributed by atoms with Gasteiger partial charge in [-0.3, -0.25) is 9.59 Å². The predicted octanol–water partition coefficient (Wildman–Crippen LogP) is 4.83. The lowest BCUT2D eigenvalue weighted by Gasteiger charge is -2.53. The van der Waals surface area contributed by atoms with Crippen molar-refractivity contribution in [1.82, 2.24) is 0 Å². The van der Waals surface area contributed by atoms with E-state index < -0.39 is 5.97 Å². The van der Waals surface area contributed by atoms with Gasteiger partial charge in [-0.05, 0) is 62.2 Å². The third-order valence-corrected chi connectivity index (χ3v) is 6.68. The summed E-state index contributed by atoms with van der Waals surface area (Å²) in [5.41, 5.74) is 1.32. The zero-order valence-corrected chi connectivity index (χ0v) is 16.2. The van der Waals surface area contributed by atoms with Gasteiger partial charge < -0.3 is 9.84 Å². The monoisotopic (exact) mass is 350 g/mol. The lowest BCUT2D eigenvalue weighted by Crippen LogP contribution is -2.50. The van der Waals surface area contributed by atoms with Crippen molar-refractivity contribution in [3.05, 3.63) is 12.2 Å². The highest BCUT2D eigenvalue weighted by atomic mass is 16.5. The molecule has 2 rings (SSSR count). The number of allylic oxidation sites excluding steroid dienone is 1. The number of carboxylic acids is 1. The maximum Gasteiger partial charge on any atom is 0.303 e. The van der Waals surface area contributed by atoms with E-state index in [9.17, 15) is 9.59 Å². The van der Waals surface area contributed by atoms with Crippen LogP contribution in [0.4, 0.5) is 0 Å². The summed E-state index contributed by atoms with van der Waals surface area (Å²) in [5.74, 6) is 0.909. The number of esters is 1. The summed E-state index contributed by atoms with van der Waals surface area (Å²) >= 11 is 0. The summed E-state index contributed by atoms with van der Waals surface area (Å²) in [4.78, 5) is 22.4. The van der Waals surface area contributed by atoms with Crippen LogP contribution in [-0.2, 0) is 14.3 Å². The van der Waals surface area contributed by atoms with Gasteiger partial charge in [-0.1, -0.05) is 32.9 Å². The molecule has 2 saturated carbocycles. The van der Waals surface area contributed by atoms with E-state index in [-0.39, 0.29) is 29.8 Å². The normalized spacial score (nSPS) is 32.6. The Morgan fingerprint density at radius 1 is 1.32 bits per heavy atom. The van der Waals surface area contributed by atoms with Crippen molar-refractivity contribution in [2.75, 3.05) is 0 Å². The van der Waals surface area contributed by atoms with Crippen molar-refractivity contribution in [2.24, 2.45) is 29.1 Å². The van der Waals surface area contributed by atoms with E-state index in [1.54, 1.807) is 0 Å². The Kier molecular flexibility index (Phi) is 6.34. The molecule has 2 aliphatic carbocycles. The summed E-state index contributed by atoms with van der Waals surface area (Å²) in [5, 5.41) is 8.97. The molecule has 0 saturated heterocycles.